The molecule has 0 fully saturated rings. The van der Waals surface area contributed by atoms with Crippen molar-refractivity contribution in [3.8, 4) is 0 Å². The lowest BCUT2D eigenvalue weighted by Gasteiger charge is -2.04. The van der Waals surface area contributed by atoms with E-state index in [-0.39, 0.29) is 5.91 Å². The summed E-state index contributed by atoms with van der Waals surface area (Å²) in [5, 5.41) is 2.85. The number of aromatic amines is 1. The lowest BCUT2D eigenvalue weighted by atomic mass is 10.2. The fourth-order valence-electron chi connectivity index (χ4n) is 1.53. The van der Waals surface area contributed by atoms with Crippen LogP contribution in [-0.2, 0) is 6.42 Å². The summed E-state index contributed by atoms with van der Waals surface area (Å²) in [5.41, 5.74) is 0.558. The Kier molecular flexibility index (Phi) is 4.46. The molecule has 0 atom stereocenters. The lowest BCUT2D eigenvalue weighted by Crippen LogP contribution is -2.24. The average molecular weight is 309 g/mol. The zero-order chi connectivity index (χ0) is 12.8. The van der Waals surface area contributed by atoms with E-state index in [0.29, 0.717) is 12.1 Å². The molecular weight excluding hydrogens is 296 g/mol. The minimum absolute atomic E-state index is 0.108. The number of carbonyl (C=O) groups is 1. The molecule has 2 rings (SSSR count). The maximum Gasteiger partial charge on any atom is 0.252 e. The van der Waals surface area contributed by atoms with Gasteiger partial charge in [0, 0.05) is 42.2 Å². The Balaban J connectivity index is 1.75. The number of amides is 1. The molecule has 0 bridgehead atoms. The van der Waals surface area contributed by atoms with E-state index in [9.17, 15) is 4.79 Å². The van der Waals surface area contributed by atoms with E-state index >= 15 is 0 Å². The summed E-state index contributed by atoms with van der Waals surface area (Å²) in [7, 11) is 0. The molecule has 0 aliphatic heterocycles. The summed E-state index contributed by atoms with van der Waals surface area (Å²) in [5.74, 6) is 0.830. The van der Waals surface area contributed by atoms with Gasteiger partial charge in [0.1, 0.15) is 5.82 Å². The largest absolute Gasteiger partial charge is 0.352 e. The SMILES string of the molecule is O=C(NCCCc1ncc[nH]1)c1cncc(Br)c1. The predicted octanol–water partition coefficient (Wildman–Crippen LogP) is 1.93. The monoisotopic (exact) mass is 308 g/mol. The van der Waals surface area contributed by atoms with Crippen molar-refractivity contribution in [1.29, 1.82) is 0 Å². The van der Waals surface area contributed by atoms with Crippen LogP contribution >= 0.6 is 15.9 Å². The van der Waals surface area contributed by atoms with Crippen LogP contribution in [0, 0.1) is 0 Å². The first-order valence-electron chi connectivity index (χ1n) is 5.63. The van der Waals surface area contributed by atoms with E-state index in [4.69, 9.17) is 0 Å². The number of rotatable bonds is 5. The molecule has 2 aromatic heterocycles. The molecule has 0 unspecified atom stereocenters. The van der Waals surface area contributed by atoms with Crippen molar-refractivity contribution in [3.05, 3.63) is 46.7 Å². The molecule has 0 aromatic carbocycles. The lowest BCUT2D eigenvalue weighted by molar-refractivity contribution is 0.0952. The second kappa shape index (κ2) is 6.30. The van der Waals surface area contributed by atoms with Crippen LogP contribution in [0.1, 0.15) is 22.6 Å². The third-order valence-electron chi connectivity index (χ3n) is 2.40. The van der Waals surface area contributed by atoms with Crippen LogP contribution in [0.3, 0.4) is 0 Å². The maximum atomic E-state index is 11.8. The number of nitrogens with one attached hydrogen (secondary N) is 2. The number of aryl methyl sites for hydroxylation is 1. The van der Waals surface area contributed by atoms with Gasteiger partial charge in [0.25, 0.3) is 5.91 Å². The minimum atomic E-state index is -0.108. The molecular formula is C12H13BrN4O. The van der Waals surface area contributed by atoms with Crippen molar-refractivity contribution >= 4 is 21.8 Å². The molecule has 0 radical (unpaired) electrons. The Labute approximate surface area is 113 Å². The number of aromatic nitrogens is 3. The van der Waals surface area contributed by atoms with E-state index in [1.54, 1.807) is 30.9 Å². The van der Waals surface area contributed by atoms with Crippen molar-refractivity contribution in [2.75, 3.05) is 6.54 Å². The third-order valence-corrected chi connectivity index (χ3v) is 2.83. The number of H-pyrrole nitrogens is 1. The zero-order valence-corrected chi connectivity index (χ0v) is 11.3. The van der Waals surface area contributed by atoms with Gasteiger partial charge in [-0.25, -0.2) is 4.98 Å². The quantitative estimate of drug-likeness (QED) is 0.829. The number of hydrogen-bond donors (Lipinski definition) is 2. The highest BCUT2D eigenvalue weighted by atomic mass is 79.9. The average Bonchev–Trinajstić information content (AvgIpc) is 2.87. The molecule has 1 amide bonds. The van der Waals surface area contributed by atoms with Crippen LogP contribution < -0.4 is 5.32 Å². The first-order valence-corrected chi connectivity index (χ1v) is 6.42. The van der Waals surface area contributed by atoms with E-state index in [1.165, 1.54) is 0 Å². The van der Waals surface area contributed by atoms with Crippen LogP contribution in [0.25, 0.3) is 0 Å². The summed E-state index contributed by atoms with van der Waals surface area (Å²) >= 11 is 3.28. The molecule has 6 heteroatoms. The number of imidazole rings is 1. The van der Waals surface area contributed by atoms with Gasteiger partial charge in [-0.2, -0.15) is 0 Å². The fraction of sp³-hybridized carbons (Fsp3) is 0.250. The molecule has 0 aliphatic carbocycles. The van der Waals surface area contributed by atoms with Gasteiger partial charge < -0.3 is 10.3 Å². The highest BCUT2D eigenvalue weighted by molar-refractivity contribution is 9.10. The number of pyridine rings is 1. The minimum Gasteiger partial charge on any atom is -0.352 e. The number of halogens is 1. The molecule has 18 heavy (non-hydrogen) atoms. The van der Waals surface area contributed by atoms with Crippen LogP contribution in [0.5, 0.6) is 0 Å². The topological polar surface area (TPSA) is 70.7 Å². The summed E-state index contributed by atoms with van der Waals surface area (Å²) < 4.78 is 0.797. The van der Waals surface area contributed by atoms with Gasteiger partial charge >= 0.3 is 0 Å². The normalized spacial score (nSPS) is 10.3. The van der Waals surface area contributed by atoms with Crippen LogP contribution in [-0.4, -0.2) is 27.4 Å². The Morgan fingerprint density at radius 3 is 3.06 bits per heavy atom. The smallest absolute Gasteiger partial charge is 0.252 e. The summed E-state index contributed by atoms with van der Waals surface area (Å²) in [6, 6.07) is 1.74. The standard InChI is InChI=1S/C12H13BrN4O/c13-10-6-9(7-14-8-10)12(18)17-3-1-2-11-15-4-5-16-11/h4-8H,1-3H2,(H,15,16)(H,17,18). The van der Waals surface area contributed by atoms with Crippen molar-refractivity contribution in [3.63, 3.8) is 0 Å². The van der Waals surface area contributed by atoms with Crippen LogP contribution in [0.15, 0.2) is 35.3 Å². The highest BCUT2D eigenvalue weighted by Gasteiger charge is 2.05. The van der Waals surface area contributed by atoms with E-state index < -0.39 is 0 Å². The molecule has 0 aliphatic rings. The van der Waals surface area contributed by atoms with Gasteiger partial charge in [-0.05, 0) is 28.4 Å². The Morgan fingerprint density at radius 1 is 1.44 bits per heavy atom. The molecule has 2 N–H and O–H groups in total. The molecule has 0 saturated carbocycles. The van der Waals surface area contributed by atoms with Crippen molar-refractivity contribution < 1.29 is 4.79 Å². The maximum absolute atomic E-state index is 11.8. The van der Waals surface area contributed by atoms with Crippen LogP contribution in [0.4, 0.5) is 0 Å². The van der Waals surface area contributed by atoms with Gasteiger partial charge in [-0.1, -0.05) is 0 Å². The molecule has 2 aromatic rings. The highest BCUT2D eigenvalue weighted by Crippen LogP contribution is 2.09. The molecule has 2 heterocycles. The van der Waals surface area contributed by atoms with Crippen molar-refractivity contribution in [1.82, 2.24) is 20.3 Å². The number of nitrogens with zero attached hydrogens (tertiary/aromatic N) is 2. The van der Waals surface area contributed by atoms with Gasteiger partial charge in [0.05, 0.1) is 5.56 Å². The zero-order valence-electron chi connectivity index (χ0n) is 9.69. The number of carbonyl (C=O) groups excluding carboxylic acids is 1. The Bertz CT molecular complexity index is 513. The molecule has 94 valence electrons. The van der Waals surface area contributed by atoms with E-state index in [2.05, 4.69) is 36.2 Å². The predicted molar refractivity (Wildman–Crippen MR) is 71.2 cm³/mol. The Hall–Kier alpha value is -1.69. The molecule has 0 spiro atoms. The van der Waals surface area contributed by atoms with E-state index in [1.807, 2.05) is 0 Å². The van der Waals surface area contributed by atoms with Gasteiger partial charge in [-0.3, -0.25) is 9.78 Å². The van der Waals surface area contributed by atoms with Crippen molar-refractivity contribution in [2.45, 2.75) is 12.8 Å². The van der Waals surface area contributed by atoms with Crippen molar-refractivity contribution in [2.24, 2.45) is 0 Å². The fourth-order valence-corrected chi connectivity index (χ4v) is 1.90. The Morgan fingerprint density at radius 2 is 2.33 bits per heavy atom. The van der Waals surface area contributed by atoms with E-state index in [0.717, 1.165) is 23.1 Å². The van der Waals surface area contributed by atoms with Gasteiger partial charge in [0.2, 0.25) is 0 Å². The van der Waals surface area contributed by atoms with Crippen LogP contribution in [0.2, 0.25) is 0 Å². The summed E-state index contributed by atoms with van der Waals surface area (Å²) in [6.45, 7) is 0.617. The molecule has 5 nitrogen and oxygen atoms in total. The van der Waals surface area contributed by atoms with Gasteiger partial charge in [-0.15, -0.1) is 0 Å². The first-order chi connectivity index (χ1) is 8.75. The first kappa shape index (κ1) is 12.8. The molecule has 0 saturated heterocycles. The summed E-state index contributed by atoms with van der Waals surface area (Å²) in [4.78, 5) is 22.9. The number of hydrogen-bond acceptors (Lipinski definition) is 3. The summed E-state index contributed by atoms with van der Waals surface area (Å²) in [6.07, 6.45) is 8.38. The second-order valence-electron chi connectivity index (χ2n) is 3.79. The van der Waals surface area contributed by atoms with Gasteiger partial charge in [0.15, 0.2) is 0 Å². The third kappa shape index (κ3) is 3.66. The second-order valence-corrected chi connectivity index (χ2v) is 4.70.